The number of nitrogens with one attached hydrogen (secondary N) is 1. The van der Waals surface area contributed by atoms with Crippen molar-refractivity contribution in [3.8, 4) is 0 Å². The molecule has 0 fully saturated rings. The summed E-state index contributed by atoms with van der Waals surface area (Å²) in [4.78, 5) is 17.7. The van der Waals surface area contributed by atoms with Gasteiger partial charge in [-0.15, -0.1) is 0 Å². The first kappa shape index (κ1) is 15.7. The number of hydrogen-bond donors (Lipinski definition) is 1. The van der Waals surface area contributed by atoms with Crippen LogP contribution in [0.15, 0.2) is 36.5 Å². The molecule has 0 bridgehead atoms. The minimum atomic E-state index is -0.294. The van der Waals surface area contributed by atoms with Crippen molar-refractivity contribution < 1.29 is 9.18 Å². The summed E-state index contributed by atoms with van der Waals surface area (Å²) in [7, 11) is 0. The predicted molar refractivity (Wildman–Crippen MR) is 87.7 cm³/mol. The third kappa shape index (κ3) is 3.62. The van der Waals surface area contributed by atoms with Crippen molar-refractivity contribution in [1.82, 2.24) is 9.88 Å². The van der Waals surface area contributed by atoms with Crippen LogP contribution in [0.4, 0.5) is 10.2 Å². The van der Waals surface area contributed by atoms with Gasteiger partial charge in [0.1, 0.15) is 11.6 Å². The Balaban J connectivity index is 1.91. The maximum atomic E-state index is 13.6. The molecular formula is C17H17ClFN3O. The lowest BCUT2D eigenvalue weighted by molar-refractivity contribution is -0.129. The van der Waals surface area contributed by atoms with Gasteiger partial charge in [0.2, 0.25) is 5.91 Å². The smallest absolute Gasteiger partial charge is 0.219 e. The number of halogens is 2. The molecule has 1 aliphatic rings. The number of amides is 1. The van der Waals surface area contributed by atoms with E-state index < -0.39 is 0 Å². The van der Waals surface area contributed by atoms with Gasteiger partial charge in [-0.05, 0) is 41.8 Å². The Morgan fingerprint density at radius 1 is 1.39 bits per heavy atom. The van der Waals surface area contributed by atoms with Gasteiger partial charge in [0.15, 0.2) is 0 Å². The highest BCUT2D eigenvalue weighted by Crippen LogP contribution is 2.30. The molecule has 0 saturated carbocycles. The summed E-state index contributed by atoms with van der Waals surface area (Å²) in [5, 5.41) is 3.92. The second-order valence-corrected chi connectivity index (χ2v) is 6.07. The monoisotopic (exact) mass is 333 g/mol. The largest absolute Gasteiger partial charge is 0.363 e. The van der Waals surface area contributed by atoms with Gasteiger partial charge in [-0.1, -0.05) is 17.7 Å². The zero-order chi connectivity index (χ0) is 16.4. The van der Waals surface area contributed by atoms with Gasteiger partial charge in [0.05, 0.1) is 11.1 Å². The van der Waals surface area contributed by atoms with Crippen molar-refractivity contribution in [1.29, 1.82) is 0 Å². The summed E-state index contributed by atoms with van der Waals surface area (Å²) >= 11 is 5.86. The molecule has 2 aromatic rings. The number of aromatic nitrogens is 1. The van der Waals surface area contributed by atoms with Crippen LogP contribution in [0.5, 0.6) is 0 Å². The van der Waals surface area contributed by atoms with Gasteiger partial charge in [-0.25, -0.2) is 9.37 Å². The number of anilines is 1. The van der Waals surface area contributed by atoms with E-state index >= 15 is 0 Å². The van der Waals surface area contributed by atoms with Crippen molar-refractivity contribution >= 4 is 23.3 Å². The summed E-state index contributed by atoms with van der Waals surface area (Å²) in [6.07, 6.45) is 2.30. The third-order valence-corrected chi connectivity index (χ3v) is 4.25. The summed E-state index contributed by atoms with van der Waals surface area (Å²) in [6, 6.07) is 8.26. The first-order valence-corrected chi connectivity index (χ1v) is 7.82. The molecule has 3 rings (SSSR count). The van der Waals surface area contributed by atoms with E-state index in [1.165, 1.54) is 19.1 Å². The highest BCUT2D eigenvalue weighted by molar-refractivity contribution is 6.30. The van der Waals surface area contributed by atoms with Crippen LogP contribution in [0.3, 0.4) is 0 Å². The molecule has 1 unspecified atom stereocenters. The molecule has 120 valence electrons. The second-order valence-electron chi connectivity index (χ2n) is 5.63. The van der Waals surface area contributed by atoms with Crippen molar-refractivity contribution in [3.05, 3.63) is 58.5 Å². The van der Waals surface area contributed by atoms with E-state index in [1.807, 2.05) is 0 Å². The van der Waals surface area contributed by atoms with Crippen molar-refractivity contribution in [3.63, 3.8) is 0 Å². The van der Waals surface area contributed by atoms with E-state index in [-0.39, 0.29) is 17.8 Å². The topological polar surface area (TPSA) is 45.2 Å². The molecule has 0 spiro atoms. The van der Waals surface area contributed by atoms with Crippen LogP contribution in [0, 0.1) is 5.82 Å². The lowest BCUT2D eigenvalue weighted by atomic mass is 9.99. The molecule has 1 atom stereocenters. The average Bonchev–Trinajstić information content (AvgIpc) is 2.69. The molecule has 0 aliphatic carbocycles. The summed E-state index contributed by atoms with van der Waals surface area (Å²) in [5.74, 6) is 0.397. The zero-order valence-electron chi connectivity index (χ0n) is 12.7. The van der Waals surface area contributed by atoms with Gasteiger partial charge >= 0.3 is 0 Å². The lowest BCUT2D eigenvalue weighted by Crippen LogP contribution is -2.28. The molecule has 1 amide bonds. The predicted octanol–water partition coefficient (Wildman–Crippen LogP) is 3.78. The van der Waals surface area contributed by atoms with Gasteiger partial charge in [-0.3, -0.25) is 4.79 Å². The van der Waals surface area contributed by atoms with E-state index in [0.717, 1.165) is 17.5 Å². The number of hydrogen-bond acceptors (Lipinski definition) is 3. The van der Waals surface area contributed by atoms with Crippen molar-refractivity contribution in [2.24, 2.45) is 0 Å². The summed E-state index contributed by atoms with van der Waals surface area (Å²) in [5.41, 5.74) is 1.82. The molecule has 23 heavy (non-hydrogen) atoms. The Bertz CT molecular complexity index is 720. The van der Waals surface area contributed by atoms with E-state index in [2.05, 4.69) is 10.3 Å². The molecule has 1 N–H and O–H groups in total. The van der Waals surface area contributed by atoms with Crippen LogP contribution in [0.25, 0.3) is 0 Å². The molecule has 2 heterocycles. The highest BCUT2D eigenvalue weighted by Gasteiger charge is 2.24. The number of fused-ring (bicyclic) bond motifs is 1. The first-order valence-electron chi connectivity index (χ1n) is 7.45. The van der Waals surface area contributed by atoms with Crippen LogP contribution >= 0.6 is 11.6 Å². The van der Waals surface area contributed by atoms with Gasteiger partial charge in [-0.2, -0.15) is 0 Å². The Morgan fingerprint density at radius 3 is 2.91 bits per heavy atom. The Hall–Kier alpha value is -2.14. The molecule has 1 aliphatic heterocycles. The first-order chi connectivity index (χ1) is 11.0. The standard InChI is InChI=1S/C17H17ClFN3O/c1-11(23)22-7-6-16(21-17-5-2-13(18)9-20-17)15-4-3-14(19)8-12(15)10-22/h2-5,8-9,16H,6-7,10H2,1H3,(H,20,21). The molecular weight excluding hydrogens is 317 g/mol. The van der Waals surface area contributed by atoms with Gasteiger partial charge < -0.3 is 10.2 Å². The summed E-state index contributed by atoms with van der Waals surface area (Å²) in [6.45, 7) is 2.57. The lowest BCUT2D eigenvalue weighted by Gasteiger charge is -2.20. The fourth-order valence-electron chi connectivity index (χ4n) is 2.83. The van der Waals surface area contributed by atoms with Crippen LogP contribution < -0.4 is 5.32 Å². The fourth-order valence-corrected chi connectivity index (χ4v) is 2.95. The van der Waals surface area contributed by atoms with Crippen LogP contribution in [0.1, 0.15) is 30.5 Å². The summed E-state index contributed by atoms with van der Waals surface area (Å²) < 4.78 is 13.6. The van der Waals surface area contributed by atoms with E-state index in [0.29, 0.717) is 23.9 Å². The minimum Gasteiger partial charge on any atom is -0.363 e. The molecule has 0 radical (unpaired) electrons. The Kier molecular flexibility index (Phi) is 4.48. The maximum Gasteiger partial charge on any atom is 0.219 e. The molecule has 4 nitrogen and oxygen atoms in total. The Morgan fingerprint density at radius 2 is 2.22 bits per heavy atom. The molecule has 6 heteroatoms. The number of carbonyl (C=O) groups is 1. The molecule has 0 saturated heterocycles. The van der Waals surface area contributed by atoms with E-state index in [1.54, 1.807) is 29.3 Å². The highest BCUT2D eigenvalue weighted by atomic mass is 35.5. The number of rotatable bonds is 2. The average molecular weight is 334 g/mol. The number of benzene rings is 1. The molecule has 1 aromatic carbocycles. The Labute approximate surface area is 139 Å². The van der Waals surface area contributed by atoms with E-state index in [4.69, 9.17) is 11.6 Å². The number of nitrogens with zero attached hydrogens (tertiary/aromatic N) is 2. The quantitative estimate of drug-likeness (QED) is 0.909. The molecule has 1 aromatic heterocycles. The van der Waals surface area contributed by atoms with Crippen molar-refractivity contribution in [2.45, 2.75) is 25.9 Å². The van der Waals surface area contributed by atoms with Crippen LogP contribution in [0.2, 0.25) is 5.02 Å². The van der Waals surface area contributed by atoms with Crippen molar-refractivity contribution in [2.75, 3.05) is 11.9 Å². The maximum absolute atomic E-state index is 13.6. The third-order valence-electron chi connectivity index (χ3n) is 4.02. The normalized spacial score (nSPS) is 17.3. The SMILES string of the molecule is CC(=O)N1CCC(Nc2ccc(Cl)cn2)c2ccc(F)cc2C1. The van der Waals surface area contributed by atoms with Crippen LogP contribution in [-0.4, -0.2) is 22.3 Å². The van der Waals surface area contributed by atoms with E-state index in [9.17, 15) is 9.18 Å². The fraction of sp³-hybridized carbons (Fsp3) is 0.294. The number of pyridine rings is 1. The van der Waals surface area contributed by atoms with Gasteiger partial charge in [0, 0.05) is 26.2 Å². The van der Waals surface area contributed by atoms with Crippen LogP contribution in [-0.2, 0) is 11.3 Å². The second kappa shape index (κ2) is 6.54. The van der Waals surface area contributed by atoms with Gasteiger partial charge in [0.25, 0.3) is 0 Å². The minimum absolute atomic E-state index is 0.00882. The number of carbonyl (C=O) groups excluding carboxylic acids is 1. The zero-order valence-corrected chi connectivity index (χ0v) is 13.5.